The summed E-state index contributed by atoms with van der Waals surface area (Å²) in [6.07, 6.45) is 7.70. The Bertz CT molecular complexity index is 341. The fraction of sp³-hybridized carbons (Fsp3) is 0.385. The Labute approximate surface area is 90.7 Å². The third-order valence-corrected chi connectivity index (χ3v) is 2.42. The molecule has 0 heterocycles. The maximum Gasteiger partial charge on any atom is 0.123 e. The first-order valence-corrected chi connectivity index (χ1v) is 5.11. The number of likely N-dealkylation sites (N-methyl/N-ethyl adjacent to an activating group) is 1. The van der Waals surface area contributed by atoms with E-state index in [9.17, 15) is 4.39 Å². The number of halogens is 1. The Morgan fingerprint density at radius 1 is 1.53 bits per heavy atom. The van der Waals surface area contributed by atoms with Gasteiger partial charge in [0.25, 0.3) is 0 Å². The molecule has 1 nitrogen and oxygen atoms in total. The summed E-state index contributed by atoms with van der Waals surface area (Å²) in [6.45, 7) is 0. The molecule has 0 aliphatic rings. The molecule has 2 heteroatoms. The zero-order valence-electron chi connectivity index (χ0n) is 8.96. The minimum atomic E-state index is -0.181. The van der Waals surface area contributed by atoms with Crippen LogP contribution in [-0.4, -0.2) is 13.1 Å². The molecule has 1 N–H and O–H groups in total. The molecule has 80 valence electrons. The molecular weight excluding hydrogens is 189 g/mol. The molecule has 0 spiro atoms. The van der Waals surface area contributed by atoms with Crippen LogP contribution < -0.4 is 5.32 Å². The van der Waals surface area contributed by atoms with Crippen LogP contribution in [0.5, 0.6) is 0 Å². The summed E-state index contributed by atoms with van der Waals surface area (Å²) in [5.74, 6) is 2.43. The summed E-state index contributed by atoms with van der Waals surface area (Å²) in [4.78, 5) is 0. The summed E-state index contributed by atoms with van der Waals surface area (Å²) in [7, 11) is 1.90. The van der Waals surface area contributed by atoms with Crippen molar-refractivity contribution in [1.29, 1.82) is 0 Å². The van der Waals surface area contributed by atoms with Gasteiger partial charge in [0, 0.05) is 12.5 Å². The predicted molar refractivity (Wildman–Crippen MR) is 61.0 cm³/mol. The second kappa shape index (κ2) is 6.21. The standard InChI is InChI=1S/C13H16FN/c1-3-4-8-13(15-2)10-11-6-5-7-12(14)9-11/h1,5-7,9,13,15H,4,8,10H2,2H3. The van der Waals surface area contributed by atoms with Crippen LogP contribution in [0.15, 0.2) is 24.3 Å². The molecule has 0 radical (unpaired) electrons. The molecule has 1 rings (SSSR count). The van der Waals surface area contributed by atoms with Crippen molar-refractivity contribution < 1.29 is 4.39 Å². The number of benzene rings is 1. The second-order valence-corrected chi connectivity index (χ2v) is 3.56. The fourth-order valence-corrected chi connectivity index (χ4v) is 1.55. The third-order valence-electron chi connectivity index (χ3n) is 2.42. The van der Waals surface area contributed by atoms with Crippen LogP contribution in [0.4, 0.5) is 4.39 Å². The van der Waals surface area contributed by atoms with Crippen molar-refractivity contribution in [3.05, 3.63) is 35.6 Å². The lowest BCUT2D eigenvalue weighted by molar-refractivity contribution is 0.525. The first kappa shape index (κ1) is 11.7. The highest BCUT2D eigenvalue weighted by molar-refractivity contribution is 5.17. The van der Waals surface area contributed by atoms with E-state index in [1.54, 1.807) is 12.1 Å². The maximum absolute atomic E-state index is 12.9. The average Bonchev–Trinajstić information content (AvgIpc) is 2.24. The summed E-state index contributed by atoms with van der Waals surface area (Å²) in [6, 6.07) is 7.02. The molecule has 0 aliphatic carbocycles. The number of terminal acetylenes is 1. The topological polar surface area (TPSA) is 12.0 Å². The third kappa shape index (κ3) is 4.14. The zero-order valence-corrected chi connectivity index (χ0v) is 8.96. The minimum absolute atomic E-state index is 0.181. The lowest BCUT2D eigenvalue weighted by Crippen LogP contribution is -2.27. The Balaban J connectivity index is 2.55. The van der Waals surface area contributed by atoms with Gasteiger partial charge in [-0.05, 0) is 37.6 Å². The van der Waals surface area contributed by atoms with Gasteiger partial charge < -0.3 is 5.32 Å². The molecule has 15 heavy (non-hydrogen) atoms. The van der Waals surface area contributed by atoms with Crippen molar-refractivity contribution >= 4 is 0 Å². The van der Waals surface area contributed by atoms with Crippen molar-refractivity contribution in [2.24, 2.45) is 0 Å². The molecule has 1 unspecified atom stereocenters. The number of hydrogen-bond donors (Lipinski definition) is 1. The molecule has 0 aromatic heterocycles. The van der Waals surface area contributed by atoms with Crippen LogP contribution in [0.2, 0.25) is 0 Å². The first-order chi connectivity index (χ1) is 7.26. The quantitative estimate of drug-likeness (QED) is 0.728. The highest BCUT2D eigenvalue weighted by atomic mass is 19.1. The Hall–Kier alpha value is -1.33. The lowest BCUT2D eigenvalue weighted by atomic mass is 10.0. The summed E-state index contributed by atoms with van der Waals surface area (Å²) in [5.41, 5.74) is 1.01. The summed E-state index contributed by atoms with van der Waals surface area (Å²) in [5, 5.41) is 3.19. The van der Waals surface area contributed by atoms with E-state index in [1.807, 2.05) is 13.1 Å². The highest BCUT2D eigenvalue weighted by Gasteiger charge is 2.06. The molecule has 1 atom stereocenters. The van der Waals surface area contributed by atoms with Crippen molar-refractivity contribution in [2.45, 2.75) is 25.3 Å². The van der Waals surface area contributed by atoms with E-state index in [0.717, 1.165) is 24.8 Å². The van der Waals surface area contributed by atoms with E-state index < -0.39 is 0 Å². The van der Waals surface area contributed by atoms with E-state index in [-0.39, 0.29) is 5.82 Å². The van der Waals surface area contributed by atoms with Gasteiger partial charge in [-0.15, -0.1) is 12.3 Å². The van der Waals surface area contributed by atoms with Crippen LogP contribution in [0.3, 0.4) is 0 Å². The fourth-order valence-electron chi connectivity index (χ4n) is 1.55. The summed E-state index contributed by atoms with van der Waals surface area (Å²) < 4.78 is 12.9. The molecule has 0 saturated carbocycles. The Morgan fingerprint density at radius 2 is 2.33 bits per heavy atom. The smallest absolute Gasteiger partial charge is 0.123 e. The van der Waals surface area contributed by atoms with Crippen LogP contribution in [0.25, 0.3) is 0 Å². The average molecular weight is 205 g/mol. The van der Waals surface area contributed by atoms with Gasteiger partial charge in [-0.2, -0.15) is 0 Å². The molecule has 0 bridgehead atoms. The molecule has 0 aliphatic heterocycles. The number of nitrogens with one attached hydrogen (secondary N) is 1. The van der Waals surface area contributed by atoms with Gasteiger partial charge in [0.2, 0.25) is 0 Å². The summed E-state index contributed by atoms with van der Waals surface area (Å²) >= 11 is 0. The van der Waals surface area contributed by atoms with E-state index in [2.05, 4.69) is 11.2 Å². The van der Waals surface area contributed by atoms with E-state index in [1.165, 1.54) is 6.07 Å². The van der Waals surface area contributed by atoms with Crippen molar-refractivity contribution in [1.82, 2.24) is 5.32 Å². The maximum atomic E-state index is 12.9. The van der Waals surface area contributed by atoms with Crippen LogP contribution in [-0.2, 0) is 6.42 Å². The van der Waals surface area contributed by atoms with Gasteiger partial charge in [-0.25, -0.2) is 4.39 Å². The molecule has 0 fully saturated rings. The van der Waals surface area contributed by atoms with Gasteiger partial charge >= 0.3 is 0 Å². The molecule has 0 saturated heterocycles. The second-order valence-electron chi connectivity index (χ2n) is 3.56. The Kier molecular flexibility index (Phi) is 4.86. The number of rotatable bonds is 5. The van der Waals surface area contributed by atoms with Gasteiger partial charge in [-0.1, -0.05) is 12.1 Å². The van der Waals surface area contributed by atoms with Crippen molar-refractivity contribution in [2.75, 3.05) is 7.05 Å². The normalized spacial score (nSPS) is 12.1. The van der Waals surface area contributed by atoms with Crippen LogP contribution >= 0.6 is 0 Å². The van der Waals surface area contributed by atoms with Gasteiger partial charge in [0.1, 0.15) is 5.82 Å². The lowest BCUT2D eigenvalue weighted by Gasteiger charge is -2.14. The van der Waals surface area contributed by atoms with Gasteiger partial charge in [-0.3, -0.25) is 0 Å². The van der Waals surface area contributed by atoms with Crippen LogP contribution in [0.1, 0.15) is 18.4 Å². The first-order valence-electron chi connectivity index (χ1n) is 5.11. The molecule has 1 aromatic rings. The zero-order chi connectivity index (χ0) is 11.1. The minimum Gasteiger partial charge on any atom is -0.317 e. The van der Waals surface area contributed by atoms with Crippen molar-refractivity contribution in [3.8, 4) is 12.3 Å². The highest BCUT2D eigenvalue weighted by Crippen LogP contribution is 2.09. The largest absolute Gasteiger partial charge is 0.317 e. The number of hydrogen-bond acceptors (Lipinski definition) is 1. The van der Waals surface area contributed by atoms with Crippen molar-refractivity contribution in [3.63, 3.8) is 0 Å². The molecular formula is C13H16FN. The predicted octanol–water partition coefficient (Wildman–Crippen LogP) is 2.37. The Morgan fingerprint density at radius 3 is 2.93 bits per heavy atom. The van der Waals surface area contributed by atoms with E-state index in [4.69, 9.17) is 6.42 Å². The van der Waals surface area contributed by atoms with E-state index in [0.29, 0.717) is 6.04 Å². The van der Waals surface area contributed by atoms with Gasteiger partial charge in [0.05, 0.1) is 0 Å². The SMILES string of the molecule is C#CCCC(Cc1cccc(F)c1)NC. The molecule has 0 amide bonds. The molecule has 1 aromatic carbocycles. The monoisotopic (exact) mass is 205 g/mol. The van der Waals surface area contributed by atoms with Gasteiger partial charge in [0.15, 0.2) is 0 Å². The van der Waals surface area contributed by atoms with E-state index >= 15 is 0 Å². The van der Waals surface area contributed by atoms with Crippen LogP contribution in [0, 0.1) is 18.2 Å².